The summed E-state index contributed by atoms with van der Waals surface area (Å²) >= 11 is 7.66. The number of para-hydroxylation sites is 1. The molecule has 0 N–H and O–H groups in total. The van der Waals surface area contributed by atoms with Crippen molar-refractivity contribution in [2.45, 2.75) is 30.6 Å². The summed E-state index contributed by atoms with van der Waals surface area (Å²) in [5.74, 6) is 0.709. The Labute approximate surface area is 244 Å². The highest BCUT2D eigenvalue weighted by Gasteiger charge is 2.31. The fourth-order valence-corrected chi connectivity index (χ4v) is 6.04. The second kappa shape index (κ2) is 12.6. The molecule has 2 heterocycles. The van der Waals surface area contributed by atoms with Crippen LogP contribution in [0.1, 0.15) is 24.8 Å². The fourth-order valence-electron chi connectivity index (χ4n) is 4.84. The van der Waals surface area contributed by atoms with Crippen molar-refractivity contribution in [2.24, 2.45) is 0 Å². The van der Waals surface area contributed by atoms with E-state index >= 15 is 0 Å². The predicted octanol–water partition coefficient (Wildman–Crippen LogP) is 6.67. The number of thioether (sulfide) groups is 1. The van der Waals surface area contributed by atoms with Gasteiger partial charge in [-0.2, -0.15) is 13.2 Å². The molecule has 11 heteroatoms. The van der Waals surface area contributed by atoms with Crippen LogP contribution >= 0.6 is 23.4 Å². The van der Waals surface area contributed by atoms with Gasteiger partial charge in [0.15, 0.2) is 5.16 Å². The maximum Gasteiger partial charge on any atom is 0.416 e. The molecular weight excluding hydrogens is 573 g/mol. The number of benzene rings is 3. The van der Waals surface area contributed by atoms with E-state index in [9.17, 15) is 22.8 Å². The maximum absolute atomic E-state index is 13.4. The summed E-state index contributed by atoms with van der Waals surface area (Å²) in [4.78, 5) is 34.6. The average molecular weight is 601 g/mol. The van der Waals surface area contributed by atoms with Crippen LogP contribution in [0.5, 0.6) is 0 Å². The Hall–Kier alpha value is -3.50. The standard InChI is InChI=1S/C30H28ClF3N4O2S/c31-22-8-6-10-24(20-22)38-28(40)25-11-1-2-12-26(25)35-29(38)41-18-4-3-13-27(39)37-16-14-36(15-17-37)23-9-5-7-21(19-23)30(32,33)34/h1-2,5-12,19-20H,3-4,13-18H2. The predicted molar refractivity (Wildman–Crippen MR) is 157 cm³/mol. The number of anilines is 1. The molecule has 41 heavy (non-hydrogen) atoms. The number of rotatable bonds is 8. The fraction of sp³-hybridized carbons (Fsp3) is 0.300. The largest absolute Gasteiger partial charge is 0.416 e. The minimum absolute atomic E-state index is 0.0401. The number of halogens is 4. The van der Waals surface area contributed by atoms with Crippen molar-refractivity contribution in [1.29, 1.82) is 0 Å². The van der Waals surface area contributed by atoms with Crippen molar-refractivity contribution in [3.8, 4) is 5.69 Å². The van der Waals surface area contributed by atoms with Gasteiger partial charge in [-0.3, -0.25) is 14.2 Å². The number of carbonyl (C=O) groups is 1. The molecule has 5 rings (SSSR count). The smallest absolute Gasteiger partial charge is 0.368 e. The van der Waals surface area contributed by atoms with Crippen LogP contribution in [0.25, 0.3) is 16.6 Å². The topological polar surface area (TPSA) is 58.4 Å². The third-order valence-electron chi connectivity index (χ3n) is 7.00. The van der Waals surface area contributed by atoms with Crippen LogP contribution in [0.4, 0.5) is 18.9 Å². The molecule has 6 nitrogen and oxygen atoms in total. The molecule has 3 aromatic carbocycles. The quantitative estimate of drug-likeness (QED) is 0.128. The highest BCUT2D eigenvalue weighted by molar-refractivity contribution is 7.99. The van der Waals surface area contributed by atoms with Gasteiger partial charge in [-0.25, -0.2) is 4.98 Å². The molecule has 0 unspecified atom stereocenters. The number of hydrogen-bond acceptors (Lipinski definition) is 5. The number of unbranched alkanes of at least 4 members (excludes halogenated alkanes) is 1. The summed E-state index contributed by atoms with van der Waals surface area (Å²) in [5.41, 5.74) is 0.942. The number of aromatic nitrogens is 2. The molecule has 1 amide bonds. The van der Waals surface area contributed by atoms with E-state index in [2.05, 4.69) is 0 Å². The minimum atomic E-state index is -4.39. The Morgan fingerprint density at radius 2 is 1.63 bits per heavy atom. The molecule has 1 fully saturated rings. The van der Waals surface area contributed by atoms with Crippen molar-refractivity contribution >= 4 is 45.9 Å². The zero-order chi connectivity index (χ0) is 29.0. The second-order valence-electron chi connectivity index (χ2n) is 9.75. The molecule has 0 saturated carbocycles. The Balaban J connectivity index is 1.15. The van der Waals surface area contributed by atoms with Crippen LogP contribution in [-0.2, 0) is 11.0 Å². The lowest BCUT2D eigenvalue weighted by molar-refractivity contribution is -0.137. The third-order valence-corrected chi connectivity index (χ3v) is 8.26. The summed E-state index contributed by atoms with van der Waals surface area (Å²) < 4.78 is 40.8. The first kappa shape index (κ1) is 29.0. The summed E-state index contributed by atoms with van der Waals surface area (Å²) in [5, 5.41) is 1.61. The molecule has 1 aromatic heterocycles. The zero-order valence-corrected chi connectivity index (χ0v) is 23.7. The van der Waals surface area contributed by atoms with Crippen LogP contribution in [0.3, 0.4) is 0 Å². The van der Waals surface area contributed by atoms with Crippen molar-refractivity contribution < 1.29 is 18.0 Å². The summed E-state index contributed by atoms with van der Waals surface area (Å²) in [6, 6.07) is 19.6. The number of alkyl halides is 3. The van der Waals surface area contributed by atoms with Crippen molar-refractivity contribution in [3.63, 3.8) is 0 Å². The van der Waals surface area contributed by atoms with Crippen LogP contribution < -0.4 is 10.5 Å². The molecule has 0 atom stereocenters. The molecule has 1 saturated heterocycles. The van der Waals surface area contributed by atoms with Gasteiger partial charge < -0.3 is 9.80 Å². The van der Waals surface area contributed by atoms with Crippen molar-refractivity contribution in [2.75, 3.05) is 36.8 Å². The normalized spacial score (nSPS) is 14.0. The van der Waals surface area contributed by atoms with E-state index < -0.39 is 11.7 Å². The summed E-state index contributed by atoms with van der Waals surface area (Å²) in [7, 11) is 0. The number of nitrogens with zero attached hydrogens (tertiary/aromatic N) is 4. The van der Waals surface area contributed by atoms with E-state index in [-0.39, 0.29) is 11.5 Å². The van der Waals surface area contributed by atoms with Gasteiger partial charge >= 0.3 is 6.18 Å². The van der Waals surface area contributed by atoms with E-state index in [1.165, 1.54) is 17.8 Å². The monoisotopic (exact) mass is 600 g/mol. The molecular formula is C30H28ClF3N4O2S. The number of amides is 1. The second-order valence-corrected chi connectivity index (χ2v) is 11.3. The number of carbonyl (C=O) groups excluding carboxylic acids is 1. The van der Waals surface area contributed by atoms with Gasteiger partial charge in [-0.1, -0.05) is 47.6 Å². The molecule has 0 aliphatic carbocycles. The first-order chi connectivity index (χ1) is 19.7. The van der Waals surface area contributed by atoms with E-state index in [1.807, 2.05) is 29.2 Å². The molecule has 0 bridgehead atoms. The van der Waals surface area contributed by atoms with Crippen LogP contribution in [0, 0.1) is 0 Å². The molecule has 0 spiro atoms. The molecule has 214 valence electrons. The van der Waals surface area contributed by atoms with E-state index in [4.69, 9.17) is 16.6 Å². The minimum Gasteiger partial charge on any atom is -0.368 e. The van der Waals surface area contributed by atoms with Crippen LogP contribution in [-0.4, -0.2) is 52.3 Å². The van der Waals surface area contributed by atoms with Gasteiger partial charge in [0.1, 0.15) is 0 Å². The summed E-state index contributed by atoms with van der Waals surface area (Å²) in [6.07, 6.45) is -2.58. The van der Waals surface area contributed by atoms with Crippen LogP contribution in [0.2, 0.25) is 5.02 Å². The van der Waals surface area contributed by atoms with Gasteiger partial charge in [0.2, 0.25) is 5.91 Å². The van der Waals surface area contributed by atoms with Crippen LogP contribution in [0.15, 0.2) is 82.7 Å². The Kier molecular flexibility index (Phi) is 8.89. The lowest BCUT2D eigenvalue weighted by Crippen LogP contribution is -2.48. The number of piperazine rings is 1. The van der Waals surface area contributed by atoms with Crippen molar-refractivity contribution in [3.05, 3.63) is 93.7 Å². The molecule has 1 aliphatic rings. The lowest BCUT2D eigenvalue weighted by Gasteiger charge is -2.36. The van der Waals surface area contributed by atoms with E-state index in [1.54, 1.807) is 39.8 Å². The Bertz CT molecular complexity index is 1600. The maximum atomic E-state index is 13.4. The van der Waals surface area contributed by atoms with Gasteiger partial charge in [-0.05, 0) is 61.4 Å². The Morgan fingerprint density at radius 3 is 2.39 bits per heavy atom. The van der Waals surface area contributed by atoms with E-state index in [0.717, 1.165) is 18.6 Å². The summed E-state index contributed by atoms with van der Waals surface area (Å²) in [6.45, 7) is 1.91. The average Bonchev–Trinajstić information content (AvgIpc) is 2.97. The number of hydrogen-bond donors (Lipinski definition) is 0. The molecule has 0 radical (unpaired) electrons. The third kappa shape index (κ3) is 6.87. The van der Waals surface area contributed by atoms with Gasteiger partial charge in [0.25, 0.3) is 5.56 Å². The lowest BCUT2D eigenvalue weighted by atomic mass is 10.1. The highest BCUT2D eigenvalue weighted by atomic mass is 35.5. The molecule has 1 aliphatic heterocycles. The van der Waals surface area contributed by atoms with Gasteiger partial charge in [0, 0.05) is 49.1 Å². The van der Waals surface area contributed by atoms with Gasteiger partial charge in [-0.15, -0.1) is 0 Å². The van der Waals surface area contributed by atoms with Gasteiger partial charge in [0.05, 0.1) is 22.2 Å². The Morgan fingerprint density at radius 1 is 0.902 bits per heavy atom. The SMILES string of the molecule is O=C(CCCCSc1nc2ccccc2c(=O)n1-c1cccc(Cl)c1)N1CCN(c2cccc(C(F)(F)F)c2)CC1. The highest BCUT2D eigenvalue weighted by Crippen LogP contribution is 2.32. The van der Waals surface area contributed by atoms with Crippen molar-refractivity contribution in [1.82, 2.24) is 14.5 Å². The zero-order valence-electron chi connectivity index (χ0n) is 22.1. The number of fused-ring (bicyclic) bond motifs is 1. The first-order valence-electron chi connectivity index (χ1n) is 13.3. The molecule has 4 aromatic rings. The first-order valence-corrected chi connectivity index (χ1v) is 14.7. The van der Waals surface area contributed by atoms with E-state index in [0.29, 0.717) is 77.2 Å².